The molecule has 1 aliphatic heterocycles. The van der Waals surface area contributed by atoms with Crippen molar-refractivity contribution < 1.29 is 9.53 Å². The smallest absolute Gasteiger partial charge is 0.260 e. The van der Waals surface area contributed by atoms with Gasteiger partial charge in [0.05, 0.1) is 18.3 Å². The van der Waals surface area contributed by atoms with Crippen molar-refractivity contribution in [2.24, 2.45) is 0 Å². The molecule has 32 heavy (non-hydrogen) atoms. The van der Waals surface area contributed by atoms with Gasteiger partial charge in [0.15, 0.2) is 0 Å². The molecule has 1 amide bonds. The highest BCUT2D eigenvalue weighted by atomic mass is 16.5. The van der Waals surface area contributed by atoms with E-state index in [2.05, 4.69) is 34.5 Å². The van der Waals surface area contributed by atoms with Gasteiger partial charge in [-0.15, -0.1) is 0 Å². The first-order chi connectivity index (χ1) is 15.7. The predicted octanol–water partition coefficient (Wildman–Crippen LogP) is 4.65. The Morgan fingerprint density at radius 1 is 0.969 bits per heavy atom. The summed E-state index contributed by atoms with van der Waals surface area (Å²) < 4.78 is 6.33. The number of amides is 1. The van der Waals surface area contributed by atoms with E-state index in [4.69, 9.17) is 4.74 Å². The molecule has 0 aliphatic carbocycles. The number of para-hydroxylation sites is 1. The average molecular weight is 430 g/mol. The second-order valence-electron chi connectivity index (χ2n) is 8.17. The summed E-state index contributed by atoms with van der Waals surface area (Å²) in [5.74, 6) is 0.0409. The SMILES string of the molecule is CNCC[C@H](OCc1cccc(N2CCN(C)c3ccccc3C2=O)c1)c1ccccc1. The van der Waals surface area contributed by atoms with Gasteiger partial charge in [0, 0.05) is 31.5 Å². The molecule has 0 fully saturated rings. The molecular formula is C27H31N3O2. The average Bonchev–Trinajstić information content (AvgIpc) is 2.96. The molecule has 1 heterocycles. The molecule has 166 valence electrons. The highest BCUT2D eigenvalue weighted by molar-refractivity contribution is 6.10. The van der Waals surface area contributed by atoms with Gasteiger partial charge in [-0.2, -0.15) is 0 Å². The molecule has 0 saturated carbocycles. The summed E-state index contributed by atoms with van der Waals surface area (Å²) in [5.41, 5.74) is 4.88. The van der Waals surface area contributed by atoms with E-state index in [0.29, 0.717) is 13.2 Å². The quantitative estimate of drug-likeness (QED) is 0.566. The van der Waals surface area contributed by atoms with Gasteiger partial charge in [-0.05, 0) is 55.4 Å². The van der Waals surface area contributed by atoms with E-state index in [0.717, 1.165) is 42.0 Å². The maximum absolute atomic E-state index is 13.3. The highest BCUT2D eigenvalue weighted by Crippen LogP contribution is 2.28. The van der Waals surface area contributed by atoms with Gasteiger partial charge in [0.25, 0.3) is 5.91 Å². The Morgan fingerprint density at radius 3 is 2.56 bits per heavy atom. The Bertz CT molecular complexity index is 1040. The second kappa shape index (κ2) is 10.4. The lowest BCUT2D eigenvalue weighted by Crippen LogP contribution is -2.33. The van der Waals surface area contributed by atoms with Crippen LogP contribution >= 0.6 is 0 Å². The standard InChI is InChI=1S/C27H31N3O2/c1-28-16-15-26(22-10-4-3-5-11-22)32-20-21-9-8-12-23(19-21)30-18-17-29(2)25-14-7-6-13-24(25)27(30)31/h3-14,19,26,28H,15-18,20H2,1-2H3/t26-/m0/s1. The van der Waals surface area contributed by atoms with Crippen LogP contribution in [0.2, 0.25) is 0 Å². The zero-order chi connectivity index (χ0) is 22.3. The maximum Gasteiger partial charge on any atom is 0.260 e. The summed E-state index contributed by atoms with van der Waals surface area (Å²) in [7, 11) is 3.99. The fourth-order valence-corrected chi connectivity index (χ4v) is 4.15. The summed E-state index contributed by atoms with van der Waals surface area (Å²) in [6.07, 6.45) is 0.918. The van der Waals surface area contributed by atoms with Gasteiger partial charge in [0.2, 0.25) is 0 Å². The first-order valence-electron chi connectivity index (χ1n) is 11.2. The van der Waals surface area contributed by atoms with Crippen molar-refractivity contribution in [3.8, 4) is 0 Å². The topological polar surface area (TPSA) is 44.8 Å². The zero-order valence-corrected chi connectivity index (χ0v) is 18.8. The first-order valence-corrected chi connectivity index (χ1v) is 11.2. The van der Waals surface area contributed by atoms with E-state index < -0.39 is 0 Å². The molecule has 3 aromatic carbocycles. The van der Waals surface area contributed by atoms with Crippen LogP contribution in [0.4, 0.5) is 11.4 Å². The van der Waals surface area contributed by atoms with Crippen LogP contribution in [-0.2, 0) is 11.3 Å². The molecule has 0 saturated heterocycles. The number of likely N-dealkylation sites (N-methyl/N-ethyl adjacent to an activating group) is 1. The van der Waals surface area contributed by atoms with Crippen molar-refractivity contribution in [3.63, 3.8) is 0 Å². The van der Waals surface area contributed by atoms with Crippen molar-refractivity contribution in [3.05, 3.63) is 95.6 Å². The number of carbonyl (C=O) groups excluding carboxylic acids is 1. The van der Waals surface area contributed by atoms with Crippen LogP contribution in [0.15, 0.2) is 78.9 Å². The van der Waals surface area contributed by atoms with Crippen LogP contribution in [0.3, 0.4) is 0 Å². The van der Waals surface area contributed by atoms with Gasteiger partial charge in [-0.25, -0.2) is 0 Å². The normalized spacial score (nSPS) is 14.8. The first kappa shape index (κ1) is 22.1. The van der Waals surface area contributed by atoms with E-state index in [1.54, 1.807) is 0 Å². The number of hydrogen-bond donors (Lipinski definition) is 1. The molecule has 1 aliphatic rings. The predicted molar refractivity (Wildman–Crippen MR) is 130 cm³/mol. The van der Waals surface area contributed by atoms with E-state index in [1.165, 1.54) is 5.56 Å². The largest absolute Gasteiger partial charge is 0.372 e. The van der Waals surface area contributed by atoms with Crippen LogP contribution < -0.4 is 15.1 Å². The van der Waals surface area contributed by atoms with Crippen molar-refractivity contribution >= 4 is 17.3 Å². The summed E-state index contributed by atoms with van der Waals surface area (Å²) in [5, 5.41) is 3.21. The van der Waals surface area contributed by atoms with E-state index in [-0.39, 0.29) is 12.0 Å². The molecule has 5 nitrogen and oxygen atoms in total. The highest BCUT2D eigenvalue weighted by Gasteiger charge is 2.25. The van der Waals surface area contributed by atoms with E-state index in [1.807, 2.05) is 73.6 Å². The molecule has 0 unspecified atom stereocenters. The van der Waals surface area contributed by atoms with Gasteiger partial charge >= 0.3 is 0 Å². The Kier molecular flexibility index (Phi) is 7.20. The number of nitrogens with one attached hydrogen (secondary N) is 1. The van der Waals surface area contributed by atoms with E-state index >= 15 is 0 Å². The number of ether oxygens (including phenoxy) is 1. The lowest BCUT2D eigenvalue weighted by Gasteiger charge is -2.23. The lowest BCUT2D eigenvalue weighted by molar-refractivity contribution is 0.0344. The van der Waals surface area contributed by atoms with Crippen LogP contribution in [-0.4, -0.2) is 39.6 Å². The Hall–Kier alpha value is -3.15. The Morgan fingerprint density at radius 2 is 1.75 bits per heavy atom. The van der Waals surface area contributed by atoms with Crippen molar-refractivity contribution in [2.75, 3.05) is 43.5 Å². The fourth-order valence-electron chi connectivity index (χ4n) is 4.15. The van der Waals surface area contributed by atoms with Crippen molar-refractivity contribution in [2.45, 2.75) is 19.1 Å². The zero-order valence-electron chi connectivity index (χ0n) is 18.8. The van der Waals surface area contributed by atoms with Gasteiger partial charge < -0.3 is 19.9 Å². The maximum atomic E-state index is 13.3. The van der Waals surface area contributed by atoms with E-state index in [9.17, 15) is 4.79 Å². The Labute approximate surface area is 190 Å². The number of hydrogen-bond acceptors (Lipinski definition) is 4. The van der Waals surface area contributed by atoms with Gasteiger partial charge in [-0.1, -0.05) is 54.6 Å². The molecule has 1 atom stereocenters. The van der Waals surface area contributed by atoms with Crippen LogP contribution in [0, 0.1) is 0 Å². The number of fused-ring (bicyclic) bond motifs is 1. The molecule has 5 heteroatoms. The molecular weight excluding hydrogens is 398 g/mol. The van der Waals surface area contributed by atoms with Gasteiger partial charge in [0.1, 0.15) is 0 Å². The molecule has 0 radical (unpaired) electrons. The monoisotopic (exact) mass is 429 g/mol. The third-order valence-corrected chi connectivity index (χ3v) is 5.95. The Balaban J connectivity index is 1.51. The minimum Gasteiger partial charge on any atom is -0.372 e. The minimum atomic E-state index is 0.0210. The summed E-state index contributed by atoms with van der Waals surface area (Å²) >= 11 is 0. The number of nitrogens with zero attached hydrogens (tertiary/aromatic N) is 2. The summed E-state index contributed by atoms with van der Waals surface area (Å²) in [6.45, 7) is 2.80. The number of benzene rings is 3. The minimum absolute atomic E-state index is 0.0210. The van der Waals surface area contributed by atoms with Crippen molar-refractivity contribution in [1.82, 2.24) is 5.32 Å². The summed E-state index contributed by atoms with van der Waals surface area (Å²) in [6, 6.07) is 26.3. The fraction of sp³-hybridized carbons (Fsp3) is 0.296. The number of anilines is 2. The molecule has 0 bridgehead atoms. The number of carbonyl (C=O) groups is 1. The molecule has 0 spiro atoms. The molecule has 0 aromatic heterocycles. The lowest BCUT2D eigenvalue weighted by atomic mass is 10.1. The summed E-state index contributed by atoms with van der Waals surface area (Å²) in [4.78, 5) is 17.3. The number of rotatable bonds is 8. The molecule has 1 N–H and O–H groups in total. The molecule has 4 rings (SSSR count). The second-order valence-corrected chi connectivity index (χ2v) is 8.17. The van der Waals surface area contributed by atoms with Crippen LogP contribution in [0.25, 0.3) is 0 Å². The third kappa shape index (κ3) is 5.01. The van der Waals surface area contributed by atoms with Crippen LogP contribution in [0.1, 0.15) is 34.0 Å². The molecule has 3 aromatic rings. The van der Waals surface area contributed by atoms with Crippen molar-refractivity contribution in [1.29, 1.82) is 0 Å². The third-order valence-electron chi connectivity index (χ3n) is 5.95. The van der Waals surface area contributed by atoms with Gasteiger partial charge in [-0.3, -0.25) is 4.79 Å². The van der Waals surface area contributed by atoms with Crippen LogP contribution in [0.5, 0.6) is 0 Å².